The third-order valence-corrected chi connectivity index (χ3v) is 5.05. The highest BCUT2D eigenvalue weighted by atomic mass is 35.5. The van der Waals surface area contributed by atoms with Crippen molar-refractivity contribution in [3.63, 3.8) is 0 Å². The molecule has 2 heterocycles. The lowest BCUT2D eigenvalue weighted by Crippen LogP contribution is -2.01. The average Bonchev–Trinajstić information content (AvgIpc) is 3.14. The summed E-state index contributed by atoms with van der Waals surface area (Å²) in [6.07, 6.45) is 4.96. The van der Waals surface area contributed by atoms with Crippen molar-refractivity contribution in [3.05, 3.63) is 76.8 Å². The summed E-state index contributed by atoms with van der Waals surface area (Å²) in [4.78, 5) is 15.4. The highest BCUT2D eigenvalue weighted by molar-refractivity contribution is 6.33. The largest absolute Gasteiger partial charge is 0.427 e. The fraction of sp³-hybridized carbons (Fsp3) is 0.0870. The molecule has 0 bridgehead atoms. The van der Waals surface area contributed by atoms with Crippen molar-refractivity contribution in [2.45, 2.75) is 13.8 Å². The van der Waals surface area contributed by atoms with E-state index in [1.807, 2.05) is 25.3 Å². The first-order valence-corrected chi connectivity index (χ1v) is 9.75. The normalized spacial score (nSPS) is 11.4. The van der Waals surface area contributed by atoms with E-state index in [0.717, 1.165) is 16.7 Å². The van der Waals surface area contributed by atoms with Crippen LogP contribution >= 0.6 is 11.6 Å². The second kappa shape index (κ2) is 8.20. The molecule has 2 N–H and O–H groups in total. The van der Waals surface area contributed by atoms with E-state index < -0.39 is 5.82 Å². The van der Waals surface area contributed by atoms with Gasteiger partial charge in [0.05, 0.1) is 28.1 Å². The number of aliphatic imine (C=N–C) groups is 1. The number of fused-ring (bicyclic) bond motifs is 1. The van der Waals surface area contributed by atoms with E-state index in [1.165, 1.54) is 31.3 Å². The molecule has 8 heteroatoms. The third-order valence-electron chi connectivity index (χ3n) is 4.73. The summed E-state index contributed by atoms with van der Waals surface area (Å²) in [5.74, 6) is -0.304. The second-order valence-electron chi connectivity index (χ2n) is 7.00. The number of ether oxygens (including phenoxy) is 1. The average molecular weight is 437 g/mol. The smallest absolute Gasteiger partial charge is 0.308 e. The molecule has 0 radical (unpaired) electrons. The van der Waals surface area contributed by atoms with Gasteiger partial charge in [-0.15, -0.1) is 0 Å². The van der Waals surface area contributed by atoms with Gasteiger partial charge in [-0.3, -0.25) is 9.79 Å². The van der Waals surface area contributed by atoms with Crippen LogP contribution in [0.1, 0.15) is 18.1 Å². The number of nitrogens with two attached hydrogens (primary N) is 1. The van der Waals surface area contributed by atoms with Gasteiger partial charge in [0.1, 0.15) is 11.6 Å². The van der Waals surface area contributed by atoms with Gasteiger partial charge in [-0.25, -0.2) is 8.91 Å². The first-order chi connectivity index (χ1) is 14.8. The van der Waals surface area contributed by atoms with Gasteiger partial charge in [-0.2, -0.15) is 5.10 Å². The number of rotatable bonds is 4. The van der Waals surface area contributed by atoms with Crippen molar-refractivity contribution in [2.75, 3.05) is 5.73 Å². The molecule has 2 aromatic carbocycles. The molecule has 0 fully saturated rings. The Hall–Kier alpha value is -3.71. The minimum absolute atomic E-state index is 0.306. The quantitative estimate of drug-likeness (QED) is 0.265. The van der Waals surface area contributed by atoms with Gasteiger partial charge in [-0.05, 0) is 48.4 Å². The van der Waals surface area contributed by atoms with Crippen molar-refractivity contribution in [1.29, 1.82) is 0 Å². The number of hydrogen-bond donors (Lipinski definition) is 1. The van der Waals surface area contributed by atoms with E-state index in [1.54, 1.807) is 22.8 Å². The molecule has 0 aliphatic heterocycles. The van der Waals surface area contributed by atoms with Gasteiger partial charge in [0.2, 0.25) is 0 Å². The van der Waals surface area contributed by atoms with Crippen LogP contribution in [0, 0.1) is 12.7 Å². The molecule has 0 aliphatic carbocycles. The van der Waals surface area contributed by atoms with Gasteiger partial charge < -0.3 is 10.5 Å². The van der Waals surface area contributed by atoms with E-state index in [9.17, 15) is 9.18 Å². The number of carbonyl (C=O) groups excluding carboxylic acids is 1. The Labute approximate surface area is 182 Å². The topological polar surface area (TPSA) is 82.0 Å². The number of aromatic nitrogens is 2. The number of carbonyl (C=O) groups is 1. The second-order valence-corrected chi connectivity index (χ2v) is 7.40. The van der Waals surface area contributed by atoms with Crippen LogP contribution < -0.4 is 10.5 Å². The SMILES string of the molecule is CC(=O)Oc1ccc(-c2cc3c(N)c(/C=N/c4cc(F)ccc4Cl)cnn3c2)c(C)c1. The Kier molecular flexibility index (Phi) is 5.44. The Balaban J connectivity index is 1.69. The zero-order chi connectivity index (χ0) is 22.1. The lowest BCUT2D eigenvalue weighted by atomic mass is 10.0. The number of anilines is 1. The van der Waals surface area contributed by atoms with Crippen molar-refractivity contribution >= 4 is 40.7 Å². The monoisotopic (exact) mass is 436 g/mol. The van der Waals surface area contributed by atoms with Crippen LogP contribution in [-0.4, -0.2) is 21.8 Å². The maximum absolute atomic E-state index is 13.4. The highest BCUT2D eigenvalue weighted by Crippen LogP contribution is 2.31. The molecular weight excluding hydrogens is 419 g/mol. The van der Waals surface area contributed by atoms with Crippen molar-refractivity contribution in [2.24, 2.45) is 4.99 Å². The van der Waals surface area contributed by atoms with Crippen LogP contribution in [0.5, 0.6) is 5.75 Å². The molecule has 6 nitrogen and oxygen atoms in total. The number of nitrogen functional groups attached to an aromatic ring is 1. The summed E-state index contributed by atoms with van der Waals surface area (Å²) in [7, 11) is 0. The molecule has 31 heavy (non-hydrogen) atoms. The Morgan fingerprint density at radius 3 is 2.81 bits per heavy atom. The molecular formula is C23H18ClFN4O2. The van der Waals surface area contributed by atoms with Crippen molar-refractivity contribution in [3.8, 4) is 16.9 Å². The minimum Gasteiger partial charge on any atom is -0.427 e. The van der Waals surface area contributed by atoms with Crippen LogP contribution in [0.25, 0.3) is 16.6 Å². The number of nitrogens with zero attached hydrogens (tertiary/aromatic N) is 3. The zero-order valence-electron chi connectivity index (χ0n) is 16.8. The minimum atomic E-state index is -0.426. The van der Waals surface area contributed by atoms with Crippen LogP contribution in [0.2, 0.25) is 5.02 Å². The molecule has 4 rings (SSSR count). The predicted molar refractivity (Wildman–Crippen MR) is 120 cm³/mol. The zero-order valence-corrected chi connectivity index (χ0v) is 17.5. The maximum atomic E-state index is 13.4. The molecule has 0 aliphatic rings. The first kappa shape index (κ1) is 20.6. The summed E-state index contributed by atoms with van der Waals surface area (Å²) < 4.78 is 20.3. The Morgan fingerprint density at radius 2 is 2.06 bits per heavy atom. The van der Waals surface area contributed by atoms with Gasteiger partial charge in [-0.1, -0.05) is 17.7 Å². The molecule has 0 saturated heterocycles. The molecule has 156 valence electrons. The molecule has 4 aromatic rings. The van der Waals surface area contributed by atoms with E-state index in [2.05, 4.69) is 10.1 Å². The van der Waals surface area contributed by atoms with Gasteiger partial charge >= 0.3 is 5.97 Å². The molecule has 0 spiro atoms. The fourth-order valence-corrected chi connectivity index (χ4v) is 3.42. The summed E-state index contributed by atoms with van der Waals surface area (Å²) in [6, 6.07) is 11.3. The summed E-state index contributed by atoms with van der Waals surface area (Å²) in [5.41, 5.74) is 11.2. The molecule has 0 saturated carbocycles. The lowest BCUT2D eigenvalue weighted by molar-refractivity contribution is -0.131. The van der Waals surface area contributed by atoms with Crippen molar-refractivity contribution < 1.29 is 13.9 Å². The van der Waals surface area contributed by atoms with Crippen LogP contribution in [-0.2, 0) is 4.79 Å². The number of hydrogen-bond acceptors (Lipinski definition) is 5. The van der Waals surface area contributed by atoms with Crippen molar-refractivity contribution in [1.82, 2.24) is 9.61 Å². The summed E-state index contributed by atoms with van der Waals surface area (Å²) in [5, 5.41) is 4.73. The van der Waals surface area contributed by atoms with Gasteiger partial charge in [0.15, 0.2) is 0 Å². The predicted octanol–water partition coefficient (Wildman–Crippen LogP) is 5.36. The first-order valence-electron chi connectivity index (χ1n) is 9.37. The summed E-state index contributed by atoms with van der Waals surface area (Å²) in [6.45, 7) is 3.30. The van der Waals surface area contributed by atoms with Crippen LogP contribution in [0.4, 0.5) is 15.8 Å². The molecule has 2 aromatic heterocycles. The molecule has 0 unspecified atom stereocenters. The van der Waals surface area contributed by atoms with Crippen LogP contribution in [0.15, 0.2) is 59.9 Å². The third kappa shape index (κ3) is 4.27. The standard InChI is InChI=1S/C23H18ClFN4O2/c1-13-7-18(31-14(2)30)4-5-19(13)15-8-22-23(26)16(11-28-29(22)12-15)10-27-21-9-17(25)3-6-20(21)24/h3-12H,26H2,1-2H3/b27-10+. The lowest BCUT2D eigenvalue weighted by Gasteiger charge is -2.06. The van der Waals surface area contributed by atoms with E-state index >= 15 is 0 Å². The highest BCUT2D eigenvalue weighted by Gasteiger charge is 2.12. The Morgan fingerprint density at radius 1 is 1.26 bits per heavy atom. The fourth-order valence-electron chi connectivity index (χ4n) is 3.25. The summed E-state index contributed by atoms with van der Waals surface area (Å²) >= 11 is 6.06. The van der Waals surface area contributed by atoms with E-state index in [0.29, 0.717) is 33.2 Å². The number of benzene rings is 2. The van der Waals surface area contributed by atoms with Gasteiger partial charge in [0, 0.05) is 36.5 Å². The molecule has 0 amide bonds. The number of esters is 1. The molecule has 0 atom stereocenters. The van der Waals surface area contributed by atoms with E-state index in [4.69, 9.17) is 22.1 Å². The van der Waals surface area contributed by atoms with Gasteiger partial charge in [0.25, 0.3) is 0 Å². The van der Waals surface area contributed by atoms with Crippen LogP contribution in [0.3, 0.4) is 0 Å². The number of aryl methyl sites for hydroxylation is 1. The maximum Gasteiger partial charge on any atom is 0.308 e. The Bertz CT molecular complexity index is 1350. The van der Waals surface area contributed by atoms with E-state index in [-0.39, 0.29) is 5.97 Å². The number of halogens is 2.